The van der Waals surface area contributed by atoms with E-state index < -0.39 is 20.9 Å². The molecule has 10 heteroatoms. The van der Waals surface area contributed by atoms with Crippen molar-refractivity contribution in [2.75, 3.05) is 39.6 Å². The molecule has 2 aromatic carbocycles. The van der Waals surface area contributed by atoms with Crippen LogP contribution in [-0.4, -0.2) is 60.4 Å². The van der Waals surface area contributed by atoms with Gasteiger partial charge < -0.3 is 38.0 Å². The van der Waals surface area contributed by atoms with Gasteiger partial charge in [-0.05, 0) is 63.1 Å². The number of carbonyl (C=O) groups excluding carboxylic acids is 2. The Hall–Kier alpha value is -2.92. The molecule has 0 radical (unpaired) electrons. The van der Waals surface area contributed by atoms with Crippen LogP contribution in [0, 0.1) is 0 Å². The number of nitrogens with one attached hydrogen (secondary N) is 1. The van der Waals surface area contributed by atoms with E-state index in [4.69, 9.17) is 22.8 Å². The van der Waals surface area contributed by atoms with Crippen LogP contribution in [0.15, 0.2) is 42.5 Å². The van der Waals surface area contributed by atoms with Crippen molar-refractivity contribution in [1.29, 1.82) is 0 Å². The molecule has 0 fully saturated rings. The van der Waals surface area contributed by atoms with Crippen molar-refractivity contribution in [2.24, 2.45) is 0 Å². The van der Waals surface area contributed by atoms with E-state index in [1.165, 1.54) is 6.08 Å². The van der Waals surface area contributed by atoms with Crippen LogP contribution >= 0.6 is 0 Å². The van der Waals surface area contributed by atoms with Crippen LogP contribution in [0.5, 0.6) is 5.75 Å². The highest BCUT2D eigenvalue weighted by atomic mass is 28.4. The molecule has 1 N–H and O–H groups in total. The van der Waals surface area contributed by atoms with E-state index in [0.717, 1.165) is 22.4 Å². The van der Waals surface area contributed by atoms with Crippen LogP contribution in [0.3, 0.4) is 0 Å². The fourth-order valence-electron chi connectivity index (χ4n) is 3.82. The molecule has 2 aromatic rings. The summed E-state index contributed by atoms with van der Waals surface area (Å²) < 4.78 is 28.6. The van der Waals surface area contributed by atoms with Gasteiger partial charge in [-0.2, -0.15) is 0 Å². The number of aliphatic carboxylic acids is 1. The van der Waals surface area contributed by atoms with E-state index in [0.29, 0.717) is 70.6 Å². The molecule has 2 rings (SSSR count). The molecule has 0 bridgehead atoms. The summed E-state index contributed by atoms with van der Waals surface area (Å²) in [6.45, 7) is 8.52. The van der Waals surface area contributed by atoms with Crippen LogP contribution in [0.25, 0.3) is 16.8 Å². The minimum absolute atomic E-state index is 0.290. The number of fused-ring (bicyclic) bond motifs is 1. The number of ether oxygens (including phenoxy) is 2. The Labute approximate surface area is 220 Å². The Morgan fingerprint density at radius 2 is 1.54 bits per heavy atom. The van der Waals surface area contributed by atoms with Crippen molar-refractivity contribution >= 4 is 37.7 Å². The second kappa shape index (κ2) is 16.7. The zero-order valence-electron chi connectivity index (χ0n) is 22.0. The molecule has 0 unspecified atom stereocenters. The number of carboxylic acid groups (broad SMARTS) is 1. The summed E-state index contributed by atoms with van der Waals surface area (Å²) >= 11 is 0. The molecule has 1 amide bonds. The minimum Gasteiger partial charge on any atom is -0.545 e. The molecule has 0 aromatic heterocycles. The topological polar surface area (TPSA) is 115 Å². The fourth-order valence-corrected chi connectivity index (χ4v) is 6.43. The standard InChI is InChI=1S/C27H39NO8Si/c1-4-34-37(35-5-2,36-6-3)21-11-18-28-27(31)33-20-10-9-19-32-25-16-14-22(15-17-26(29)30)23-12-7-8-13-24(23)25/h7-8,12-17H,4-6,9-11,18-21H2,1-3H3,(H,28,31)(H,29,30)/p-1/b17-15+. The van der Waals surface area contributed by atoms with Crippen LogP contribution in [-0.2, 0) is 22.8 Å². The number of amides is 1. The van der Waals surface area contributed by atoms with Gasteiger partial charge >= 0.3 is 14.9 Å². The second-order valence-corrected chi connectivity index (χ2v) is 10.8. The van der Waals surface area contributed by atoms with Gasteiger partial charge in [0.15, 0.2) is 0 Å². The third-order valence-corrected chi connectivity index (χ3v) is 8.52. The van der Waals surface area contributed by atoms with Crippen LogP contribution < -0.4 is 15.2 Å². The van der Waals surface area contributed by atoms with E-state index >= 15 is 0 Å². The highest BCUT2D eigenvalue weighted by Crippen LogP contribution is 2.29. The van der Waals surface area contributed by atoms with Crippen molar-refractivity contribution in [1.82, 2.24) is 5.32 Å². The lowest BCUT2D eigenvalue weighted by Gasteiger charge is -2.28. The van der Waals surface area contributed by atoms with E-state index in [1.54, 1.807) is 0 Å². The largest absolute Gasteiger partial charge is 0.545 e. The number of carboxylic acids is 1. The van der Waals surface area contributed by atoms with E-state index in [9.17, 15) is 14.7 Å². The molecule has 0 aliphatic rings. The van der Waals surface area contributed by atoms with Crippen LogP contribution in [0.4, 0.5) is 4.79 Å². The quantitative estimate of drug-likeness (QED) is 0.174. The number of carbonyl (C=O) groups is 2. The first-order valence-corrected chi connectivity index (χ1v) is 14.7. The third kappa shape index (κ3) is 10.5. The Morgan fingerprint density at radius 3 is 2.19 bits per heavy atom. The van der Waals surface area contributed by atoms with Gasteiger partial charge in [0.1, 0.15) is 5.75 Å². The Morgan fingerprint density at radius 1 is 0.892 bits per heavy atom. The summed E-state index contributed by atoms with van der Waals surface area (Å²) in [6, 6.07) is 11.9. The number of rotatable bonds is 18. The molecule has 9 nitrogen and oxygen atoms in total. The van der Waals surface area contributed by atoms with E-state index in [2.05, 4.69) is 5.32 Å². The van der Waals surface area contributed by atoms with Gasteiger partial charge in [-0.15, -0.1) is 0 Å². The number of hydrogen-bond donors (Lipinski definition) is 1. The molecule has 0 heterocycles. The summed E-state index contributed by atoms with van der Waals surface area (Å²) in [4.78, 5) is 22.7. The Kier molecular flexibility index (Phi) is 13.7. The number of benzene rings is 2. The maximum atomic E-state index is 12.0. The molecule has 204 valence electrons. The molecule has 0 atom stereocenters. The van der Waals surface area contributed by atoms with Crippen LogP contribution in [0.2, 0.25) is 6.04 Å². The third-order valence-electron chi connectivity index (χ3n) is 5.37. The highest BCUT2D eigenvalue weighted by molar-refractivity contribution is 6.60. The first kappa shape index (κ1) is 30.3. The highest BCUT2D eigenvalue weighted by Gasteiger charge is 2.39. The predicted octanol–water partition coefficient (Wildman–Crippen LogP) is 3.93. The smallest absolute Gasteiger partial charge is 0.500 e. The average molecular weight is 533 g/mol. The average Bonchev–Trinajstić information content (AvgIpc) is 2.88. The predicted molar refractivity (Wildman–Crippen MR) is 142 cm³/mol. The molecule has 0 saturated heterocycles. The molecular weight excluding hydrogens is 494 g/mol. The summed E-state index contributed by atoms with van der Waals surface area (Å²) in [5.74, 6) is -0.528. The summed E-state index contributed by atoms with van der Waals surface area (Å²) in [5, 5.41) is 15.3. The van der Waals surface area contributed by atoms with Gasteiger partial charge in [-0.1, -0.05) is 36.4 Å². The minimum atomic E-state index is -2.70. The maximum absolute atomic E-state index is 12.0. The van der Waals surface area contributed by atoms with Gasteiger partial charge in [-0.25, -0.2) is 4.79 Å². The van der Waals surface area contributed by atoms with Gasteiger partial charge in [0.05, 0.1) is 19.2 Å². The van der Waals surface area contributed by atoms with Gasteiger partial charge in [0, 0.05) is 37.8 Å². The summed E-state index contributed by atoms with van der Waals surface area (Å²) in [5.41, 5.74) is 0.772. The Bertz CT molecular complexity index is 996. The number of unbranched alkanes of at least 4 members (excludes halogenated alkanes) is 1. The van der Waals surface area contributed by atoms with Gasteiger partial charge in [-0.3, -0.25) is 0 Å². The van der Waals surface area contributed by atoms with E-state index in [1.807, 2.05) is 57.2 Å². The maximum Gasteiger partial charge on any atom is 0.500 e. The lowest BCUT2D eigenvalue weighted by Crippen LogP contribution is -2.46. The molecular formula is C27H38NO8Si-. The normalized spacial score (nSPS) is 11.6. The summed E-state index contributed by atoms with van der Waals surface area (Å²) in [7, 11) is -2.70. The molecule has 0 spiro atoms. The second-order valence-electron chi connectivity index (χ2n) is 8.05. The first-order chi connectivity index (χ1) is 17.9. The summed E-state index contributed by atoms with van der Waals surface area (Å²) in [6.07, 6.45) is 4.11. The molecule has 0 aliphatic heterocycles. The van der Waals surface area contributed by atoms with Crippen molar-refractivity contribution in [3.63, 3.8) is 0 Å². The van der Waals surface area contributed by atoms with Crippen molar-refractivity contribution < 1.29 is 37.4 Å². The van der Waals surface area contributed by atoms with Crippen molar-refractivity contribution in [2.45, 2.75) is 46.1 Å². The zero-order valence-corrected chi connectivity index (χ0v) is 23.0. The van der Waals surface area contributed by atoms with Gasteiger partial charge in [0.2, 0.25) is 0 Å². The van der Waals surface area contributed by atoms with Crippen LogP contribution in [0.1, 0.15) is 45.6 Å². The molecule has 37 heavy (non-hydrogen) atoms. The molecule has 0 aliphatic carbocycles. The van der Waals surface area contributed by atoms with Crippen molar-refractivity contribution in [3.8, 4) is 5.75 Å². The lowest BCUT2D eigenvalue weighted by atomic mass is 10.0. The Balaban J connectivity index is 1.69. The zero-order chi connectivity index (χ0) is 26.9. The fraction of sp³-hybridized carbons (Fsp3) is 0.481. The van der Waals surface area contributed by atoms with E-state index in [-0.39, 0.29) is 0 Å². The molecule has 0 saturated carbocycles. The SMILES string of the molecule is CCO[Si](CCCNC(=O)OCCCCOc1ccc(/C=C/C(=O)[O-])c2ccccc12)(OCC)OCC. The first-order valence-electron chi connectivity index (χ1n) is 12.8. The number of alkyl carbamates (subject to hydrolysis) is 1. The lowest BCUT2D eigenvalue weighted by molar-refractivity contribution is -0.297. The van der Waals surface area contributed by atoms with Crippen molar-refractivity contribution in [3.05, 3.63) is 48.0 Å². The van der Waals surface area contributed by atoms with Gasteiger partial charge in [0.25, 0.3) is 0 Å². The monoisotopic (exact) mass is 532 g/mol. The number of hydrogen-bond acceptors (Lipinski definition) is 8.